The lowest BCUT2D eigenvalue weighted by Gasteiger charge is -2.22. The van der Waals surface area contributed by atoms with Gasteiger partial charge in [-0.1, -0.05) is 6.07 Å². The Hall–Kier alpha value is -2.09. The van der Waals surface area contributed by atoms with Gasteiger partial charge in [-0.05, 0) is 31.0 Å². The SMILES string of the molecule is O=C([O-])C[C@H](C(=O)Nc1cccc(C(F)(F)F)c1)[C@H]1CCCO1. The van der Waals surface area contributed by atoms with Crippen LogP contribution in [0, 0.1) is 5.92 Å². The van der Waals surface area contributed by atoms with Crippen molar-refractivity contribution in [3.05, 3.63) is 29.8 Å². The number of carbonyl (C=O) groups excluding carboxylic acids is 2. The van der Waals surface area contributed by atoms with E-state index >= 15 is 0 Å². The molecule has 126 valence electrons. The topological polar surface area (TPSA) is 78.5 Å². The van der Waals surface area contributed by atoms with Crippen LogP contribution < -0.4 is 10.4 Å². The Morgan fingerprint density at radius 3 is 2.70 bits per heavy atom. The zero-order valence-corrected chi connectivity index (χ0v) is 12.1. The number of halogens is 3. The van der Waals surface area contributed by atoms with E-state index < -0.39 is 42.1 Å². The summed E-state index contributed by atoms with van der Waals surface area (Å²) in [5, 5.41) is 13.1. The maximum absolute atomic E-state index is 12.7. The Kier molecular flexibility index (Phi) is 5.25. The fourth-order valence-corrected chi connectivity index (χ4v) is 2.50. The number of aliphatic carboxylic acids is 1. The average molecular weight is 330 g/mol. The molecule has 1 heterocycles. The number of alkyl halides is 3. The Labute approximate surface area is 130 Å². The van der Waals surface area contributed by atoms with Crippen molar-refractivity contribution in [2.75, 3.05) is 11.9 Å². The zero-order valence-electron chi connectivity index (χ0n) is 12.1. The van der Waals surface area contributed by atoms with Crippen molar-refractivity contribution in [3.63, 3.8) is 0 Å². The van der Waals surface area contributed by atoms with Crippen molar-refractivity contribution in [1.29, 1.82) is 0 Å². The summed E-state index contributed by atoms with van der Waals surface area (Å²) in [6, 6.07) is 4.15. The zero-order chi connectivity index (χ0) is 17.0. The first-order chi connectivity index (χ1) is 10.8. The van der Waals surface area contributed by atoms with E-state index in [0.717, 1.165) is 18.2 Å². The van der Waals surface area contributed by atoms with Gasteiger partial charge in [0.2, 0.25) is 5.91 Å². The summed E-state index contributed by atoms with van der Waals surface area (Å²) in [5.41, 5.74) is -0.949. The Morgan fingerprint density at radius 1 is 1.39 bits per heavy atom. The number of hydrogen-bond donors (Lipinski definition) is 1. The van der Waals surface area contributed by atoms with Crippen molar-refractivity contribution in [1.82, 2.24) is 0 Å². The summed E-state index contributed by atoms with van der Waals surface area (Å²) in [5.74, 6) is -3.11. The predicted octanol–water partition coefficient (Wildman–Crippen LogP) is 1.58. The van der Waals surface area contributed by atoms with Crippen LogP contribution >= 0.6 is 0 Å². The highest BCUT2D eigenvalue weighted by Crippen LogP contribution is 2.31. The molecule has 1 amide bonds. The first kappa shape index (κ1) is 17.3. The van der Waals surface area contributed by atoms with Gasteiger partial charge in [-0.25, -0.2) is 0 Å². The Morgan fingerprint density at radius 2 is 2.13 bits per heavy atom. The van der Waals surface area contributed by atoms with Gasteiger partial charge in [0.25, 0.3) is 0 Å². The van der Waals surface area contributed by atoms with Crippen LogP contribution in [0.25, 0.3) is 0 Å². The number of carboxylic acid groups (broad SMARTS) is 1. The molecule has 23 heavy (non-hydrogen) atoms. The van der Waals surface area contributed by atoms with E-state index in [-0.39, 0.29) is 5.69 Å². The number of carbonyl (C=O) groups is 2. The molecule has 1 fully saturated rings. The van der Waals surface area contributed by atoms with Crippen LogP contribution in [0.15, 0.2) is 24.3 Å². The lowest BCUT2D eigenvalue weighted by molar-refractivity contribution is -0.307. The molecular formula is C15H15F3NO4-. The van der Waals surface area contributed by atoms with Gasteiger partial charge in [0.15, 0.2) is 0 Å². The van der Waals surface area contributed by atoms with Crippen molar-refractivity contribution >= 4 is 17.6 Å². The standard InChI is InChI=1S/C15H16F3NO4/c16-15(17,18)9-3-1-4-10(7-9)19-14(22)11(8-13(20)21)12-5-2-6-23-12/h1,3-4,7,11-12H,2,5-6,8H2,(H,19,22)(H,20,21)/p-1/t11-,12+/m0/s1. The number of hydrogen-bond acceptors (Lipinski definition) is 4. The quantitative estimate of drug-likeness (QED) is 0.889. The number of anilines is 1. The second-order valence-electron chi connectivity index (χ2n) is 5.30. The van der Waals surface area contributed by atoms with Gasteiger partial charge in [-0.3, -0.25) is 4.79 Å². The fraction of sp³-hybridized carbons (Fsp3) is 0.467. The van der Waals surface area contributed by atoms with E-state index in [2.05, 4.69) is 5.32 Å². The minimum absolute atomic E-state index is 0.0498. The molecular weight excluding hydrogens is 315 g/mol. The molecule has 0 unspecified atom stereocenters. The third-order valence-corrected chi connectivity index (χ3v) is 3.59. The summed E-state index contributed by atoms with van der Waals surface area (Å²) in [6.07, 6.45) is -4.42. The van der Waals surface area contributed by atoms with E-state index in [1.807, 2.05) is 0 Å². The molecule has 2 atom stereocenters. The third kappa shape index (κ3) is 4.69. The van der Waals surface area contributed by atoms with E-state index in [4.69, 9.17) is 4.74 Å². The van der Waals surface area contributed by atoms with Crippen LogP contribution in [0.2, 0.25) is 0 Å². The van der Waals surface area contributed by atoms with Crippen LogP contribution in [0.5, 0.6) is 0 Å². The number of nitrogens with one attached hydrogen (secondary N) is 1. The van der Waals surface area contributed by atoms with Gasteiger partial charge in [-0.2, -0.15) is 13.2 Å². The minimum atomic E-state index is -4.53. The minimum Gasteiger partial charge on any atom is -0.550 e. The lowest BCUT2D eigenvalue weighted by atomic mass is 9.95. The number of ether oxygens (including phenoxy) is 1. The first-order valence-electron chi connectivity index (χ1n) is 7.07. The van der Waals surface area contributed by atoms with Crippen LogP contribution in [0.3, 0.4) is 0 Å². The van der Waals surface area contributed by atoms with Gasteiger partial charge < -0.3 is 20.0 Å². The van der Waals surface area contributed by atoms with Crippen LogP contribution in [-0.4, -0.2) is 24.6 Å². The third-order valence-electron chi connectivity index (χ3n) is 3.59. The maximum Gasteiger partial charge on any atom is 0.416 e. The fourth-order valence-electron chi connectivity index (χ4n) is 2.50. The second-order valence-corrected chi connectivity index (χ2v) is 5.30. The van der Waals surface area contributed by atoms with Crippen molar-refractivity contribution in [3.8, 4) is 0 Å². The molecule has 0 bridgehead atoms. The molecule has 1 saturated heterocycles. The highest BCUT2D eigenvalue weighted by Gasteiger charge is 2.33. The number of carboxylic acids is 1. The van der Waals surface area contributed by atoms with Gasteiger partial charge in [0, 0.05) is 24.7 Å². The number of rotatable bonds is 5. The molecule has 8 heteroatoms. The molecule has 1 aliphatic heterocycles. The summed E-state index contributed by atoms with van der Waals surface area (Å²) < 4.78 is 43.3. The van der Waals surface area contributed by atoms with Gasteiger partial charge in [-0.15, -0.1) is 0 Å². The molecule has 1 N–H and O–H groups in total. The monoisotopic (exact) mass is 330 g/mol. The van der Waals surface area contributed by atoms with Gasteiger partial charge in [0.05, 0.1) is 17.6 Å². The van der Waals surface area contributed by atoms with Gasteiger partial charge in [0.1, 0.15) is 0 Å². The molecule has 0 aromatic heterocycles. The molecule has 1 aromatic carbocycles. The molecule has 1 aromatic rings. The van der Waals surface area contributed by atoms with Crippen LogP contribution in [0.4, 0.5) is 18.9 Å². The van der Waals surface area contributed by atoms with Crippen molar-refractivity contribution in [2.45, 2.75) is 31.5 Å². The summed E-state index contributed by atoms with van der Waals surface area (Å²) in [7, 11) is 0. The summed E-state index contributed by atoms with van der Waals surface area (Å²) in [4.78, 5) is 23.0. The molecule has 0 spiro atoms. The Bertz CT molecular complexity index is 582. The number of amides is 1. The largest absolute Gasteiger partial charge is 0.550 e. The molecule has 1 aliphatic rings. The molecule has 0 aliphatic carbocycles. The van der Waals surface area contributed by atoms with Crippen LogP contribution in [0.1, 0.15) is 24.8 Å². The van der Waals surface area contributed by atoms with E-state index in [1.54, 1.807) is 0 Å². The maximum atomic E-state index is 12.7. The number of benzene rings is 1. The summed E-state index contributed by atoms with van der Waals surface area (Å²) >= 11 is 0. The van der Waals surface area contributed by atoms with E-state index in [1.165, 1.54) is 6.07 Å². The Balaban J connectivity index is 2.13. The lowest BCUT2D eigenvalue weighted by Crippen LogP contribution is -2.38. The van der Waals surface area contributed by atoms with E-state index in [0.29, 0.717) is 19.4 Å². The highest BCUT2D eigenvalue weighted by molar-refractivity contribution is 5.94. The van der Waals surface area contributed by atoms with Gasteiger partial charge >= 0.3 is 6.18 Å². The van der Waals surface area contributed by atoms with Crippen LogP contribution in [-0.2, 0) is 20.5 Å². The molecule has 0 radical (unpaired) electrons. The summed E-state index contributed by atoms with van der Waals surface area (Å²) in [6.45, 7) is 0.422. The normalized spacial score (nSPS) is 19.3. The highest BCUT2D eigenvalue weighted by atomic mass is 19.4. The first-order valence-corrected chi connectivity index (χ1v) is 7.07. The van der Waals surface area contributed by atoms with Crippen molar-refractivity contribution < 1.29 is 32.6 Å². The molecule has 2 rings (SSSR count). The molecule has 0 saturated carbocycles. The average Bonchev–Trinajstić information content (AvgIpc) is 2.97. The predicted molar refractivity (Wildman–Crippen MR) is 72.2 cm³/mol. The van der Waals surface area contributed by atoms with Crippen molar-refractivity contribution in [2.24, 2.45) is 5.92 Å². The molecule has 5 nitrogen and oxygen atoms in total. The smallest absolute Gasteiger partial charge is 0.416 e. The second kappa shape index (κ2) is 6.99. The van der Waals surface area contributed by atoms with E-state index in [9.17, 15) is 27.9 Å².